The predicted molar refractivity (Wildman–Crippen MR) is 292 cm³/mol. The molecule has 2 saturated heterocycles. The van der Waals surface area contributed by atoms with Crippen LogP contribution < -0.4 is 43.0 Å². The van der Waals surface area contributed by atoms with Gasteiger partial charge in [-0.05, 0) is 99.0 Å². The Balaban J connectivity index is 2.44. The maximum Gasteiger partial charge on any atom is 0.483 e. The largest absolute Gasteiger partial charge is 0.483 e. The monoisotopic (exact) mass is 1260 g/mol. The van der Waals surface area contributed by atoms with E-state index in [0.717, 1.165) is 33.3 Å². The van der Waals surface area contributed by atoms with Gasteiger partial charge in [0, 0.05) is 20.3 Å². The Bertz CT molecular complexity index is 2390. The standard InChI is InChI=1S/C49H86N8O26P2/c1-23(2)13-12-14-24(3)18-20-77-84(73,74)83-85(75,76)82-49-37(55-30(9)61)41(40(34(22-59)80-49)81-48-36(54-29(8)60)39(64)38(63)33(21-58)79-48)78-28(7)44(67)51-26(5)43(66)57-32(47(71)72)16-17-35(62)56-31(15-10-11-19-50)45(68)52-25(4)42(65)53-27(6)46(69)70/h13,24-28,31-34,36-41,48-49,58-59,63-64H,10-12,14-22,50H2,1-9H3,(H,51,67)(H,52,68)(H,53,65)(H,54,60)(H,55,61)(H,56,62)(H,57,66)(H,69,70)(H,71,72)(H,73,74)(H,75,76)/t24?,25-,26+,27-,28?,31+,32-,33-,34-,36-,37-,38-,39-,40-,41-,48+,49-/m1/s1. The molecule has 7 amide bonds. The van der Waals surface area contributed by atoms with Crippen LogP contribution in [0, 0.1) is 5.92 Å². The smallest absolute Gasteiger partial charge is 0.480 e. The Morgan fingerprint density at radius 3 is 1.74 bits per heavy atom. The molecule has 0 bridgehead atoms. The van der Waals surface area contributed by atoms with Crippen molar-refractivity contribution < 1.29 is 125 Å². The quantitative estimate of drug-likeness (QED) is 0.0166. The average molecular weight is 1270 g/mol. The Kier molecular flexibility index (Phi) is 32.4. The van der Waals surface area contributed by atoms with Gasteiger partial charge in [0.05, 0.1) is 19.8 Å². The summed E-state index contributed by atoms with van der Waals surface area (Å²) >= 11 is 0. The molecule has 17 N–H and O–H groups in total. The van der Waals surface area contributed by atoms with Crippen LogP contribution in [-0.4, -0.2) is 218 Å². The molecule has 0 aromatic heterocycles. The van der Waals surface area contributed by atoms with Crippen molar-refractivity contribution in [3.05, 3.63) is 11.6 Å². The number of hydrogen-bond donors (Lipinski definition) is 16. The van der Waals surface area contributed by atoms with E-state index in [9.17, 15) is 87.6 Å². The number of carbonyl (C=O) groups excluding carboxylic acids is 7. The van der Waals surface area contributed by atoms with E-state index in [-0.39, 0.29) is 25.3 Å². The molecule has 0 spiro atoms. The number of amides is 7. The number of hydrogen-bond acceptors (Lipinski definition) is 23. The van der Waals surface area contributed by atoms with Crippen LogP contribution in [0.15, 0.2) is 11.6 Å². The summed E-state index contributed by atoms with van der Waals surface area (Å²) in [5, 5.41) is 77.8. The number of aliphatic hydroxyl groups is 4. The minimum Gasteiger partial charge on any atom is -0.480 e. The fourth-order valence-corrected chi connectivity index (χ4v) is 10.6. The average Bonchev–Trinajstić information content (AvgIpc) is 1.75. The first kappa shape index (κ1) is 76.0. The summed E-state index contributed by atoms with van der Waals surface area (Å²) in [6.07, 6.45) is -14.1. The van der Waals surface area contributed by atoms with Gasteiger partial charge in [-0.1, -0.05) is 18.6 Å². The number of aliphatic hydroxyl groups excluding tert-OH is 4. The van der Waals surface area contributed by atoms with E-state index < -0.39 is 199 Å². The van der Waals surface area contributed by atoms with Crippen LogP contribution in [0.5, 0.6) is 0 Å². The summed E-state index contributed by atoms with van der Waals surface area (Å²) in [5.74, 6) is -9.61. The van der Waals surface area contributed by atoms with Gasteiger partial charge in [-0.25, -0.2) is 13.9 Å². The molecule has 19 atom stereocenters. The van der Waals surface area contributed by atoms with E-state index in [1.54, 1.807) is 0 Å². The number of allylic oxidation sites excluding steroid dienone is 2. The molecule has 4 unspecified atom stereocenters. The van der Waals surface area contributed by atoms with Gasteiger partial charge in [0.15, 0.2) is 12.6 Å². The molecule has 2 aliphatic heterocycles. The van der Waals surface area contributed by atoms with Gasteiger partial charge in [0.1, 0.15) is 85.0 Å². The molecule has 0 radical (unpaired) electrons. The first-order valence-corrected chi connectivity index (χ1v) is 30.3. The number of carboxylic acids is 2. The molecule has 85 heavy (non-hydrogen) atoms. The van der Waals surface area contributed by atoms with Crippen molar-refractivity contribution in [2.75, 3.05) is 26.4 Å². The molecule has 0 saturated carbocycles. The third-order valence-corrected chi connectivity index (χ3v) is 15.7. The number of carbonyl (C=O) groups is 9. The van der Waals surface area contributed by atoms with Crippen LogP contribution >= 0.6 is 15.6 Å². The third-order valence-electron chi connectivity index (χ3n) is 13.1. The van der Waals surface area contributed by atoms with E-state index in [4.69, 9.17) is 38.8 Å². The van der Waals surface area contributed by atoms with Gasteiger partial charge >= 0.3 is 27.6 Å². The lowest BCUT2D eigenvalue weighted by atomic mass is 9.94. The predicted octanol–water partition coefficient (Wildman–Crippen LogP) is -3.10. The molecule has 0 aromatic rings. The summed E-state index contributed by atoms with van der Waals surface area (Å²) in [6.45, 7) is 10.0. The Hall–Kier alpha value is -5.13. The topological polar surface area (TPSA) is 524 Å². The summed E-state index contributed by atoms with van der Waals surface area (Å²) in [7, 11) is -11.3. The van der Waals surface area contributed by atoms with Crippen molar-refractivity contribution in [1.82, 2.24) is 37.2 Å². The van der Waals surface area contributed by atoms with Crippen molar-refractivity contribution in [2.24, 2.45) is 11.7 Å². The van der Waals surface area contributed by atoms with E-state index in [1.165, 1.54) is 13.8 Å². The lowest BCUT2D eigenvalue weighted by Gasteiger charge is -2.49. The van der Waals surface area contributed by atoms with Gasteiger partial charge < -0.3 is 102 Å². The van der Waals surface area contributed by atoms with Crippen LogP contribution in [0.4, 0.5) is 0 Å². The van der Waals surface area contributed by atoms with Gasteiger partial charge in [0.25, 0.3) is 0 Å². The zero-order chi connectivity index (χ0) is 64.7. The molecule has 2 heterocycles. The van der Waals surface area contributed by atoms with E-state index >= 15 is 0 Å². The number of phosphoric ester groups is 2. The highest BCUT2D eigenvalue weighted by atomic mass is 31.3. The second-order valence-corrected chi connectivity index (χ2v) is 23.8. The lowest BCUT2D eigenvalue weighted by Crippen LogP contribution is -2.70. The fourth-order valence-electron chi connectivity index (χ4n) is 8.40. The Labute approximate surface area is 490 Å². The Morgan fingerprint density at radius 2 is 1.19 bits per heavy atom. The summed E-state index contributed by atoms with van der Waals surface area (Å²) < 4.78 is 65.0. The number of carboxylic acid groups (broad SMARTS) is 2. The van der Waals surface area contributed by atoms with Crippen molar-refractivity contribution in [3.63, 3.8) is 0 Å². The molecule has 2 fully saturated rings. The van der Waals surface area contributed by atoms with Gasteiger partial charge in [-0.2, -0.15) is 4.31 Å². The lowest BCUT2D eigenvalue weighted by molar-refractivity contribution is -0.331. The normalized spacial score (nSPS) is 26.1. The first-order chi connectivity index (χ1) is 39.6. The molecule has 2 rings (SSSR count). The van der Waals surface area contributed by atoms with Crippen LogP contribution in [0.3, 0.4) is 0 Å². The van der Waals surface area contributed by atoms with Crippen molar-refractivity contribution in [3.8, 4) is 0 Å². The molecule has 0 aliphatic carbocycles. The molecule has 2 aliphatic rings. The molecule has 34 nitrogen and oxygen atoms in total. The van der Waals surface area contributed by atoms with Gasteiger partial charge in [-0.3, -0.25) is 47.4 Å². The summed E-state index contributed by atoms with van der Waals surface area (Å²) in [6, 6.07) is -10.9. The van der Waals surface area contributed by atoms with E-state index in [2.05, 4.69) is 41.5 Å². The molecule has 36 heteroatoms. The Morgan fingerprint density at radius 1 is 0.624 bits per heavy atom. The van der Waals surface area contributed by atoms with Crippen LogP contribution in [0.1, 0.15) is 114 Å². The first-order valence-electron chi connectivity index (χ1n) is 27.3. The molecular formula is C49H86N8O26P2. The number of ether oxygens (including phenoxy) is 4. The number of aliphatic carboxylic acids is 2. The highest BCUT2D eigenvalue weighted by Gasteiger charge is 2.55. The van der Waals surface area contributed by atoms with Gasteiger partial charge in [0.2, 0.25) is 41.4 Å². The van der Waals surface area contributed by atoms with Gasteiger partial charge in [-0.15, -0.1) is 0 Å². The van der Waals surface area contributed by atoms with E-state index in [0.29, 0.717) is 25.7 Å². The minimum atomic E-state index is -5.86. The second-order valence-electron chi connectivity index (χ2n) is 20.8. The summed E-state index contributed by atoms with van der Waals surface area (Å²) in [4.78, 5) is 136. The zero-order valence-corrected chi connectivity index (χ0v) is 50.6. The van der Waals surface area contributed by atoms with Crippen molar-refractivity contribution in [2.45, 2.75) is 211 Å². The number of unbranched alkanes of at least 4 members (excludes halogenated alkanes) is 1. The van der Waals surface area contributed by atoms with Crippen LogP contribution in [-0.2, 0) is 84.6 Å². The summed E-state index contributed by atoms with van der Waals surface area (Å²) in [5.41, 5.74) is 6.66. The maximum absolute atomic E-state index is 13.9. The van der Waals surface area contributed by atoms with Crippen molar-refractivity contribution in [1.29, 1.82) is 0 Å². The minimum absolute atomic E-state index is 0.0234. The number of phosphoric acid groups is 2. The molecule has 0 aromatic carbocycles. The fraction of sp³-hybridized carbons (Fsp3) is 0.776. The van der Waals surface area contributed by atoms with Crippen LogP contribution in [0.25, 0.3) is 0 Å². The van der Waals surface area contributed by atoms with E-state index in [1.807, 2.05) is 26.8 Å². The number of nitrogens with one attached hydrogen (secondary N) is 7. The highest BCUT2D eigenvalue weighted by Crippen LogP contribution is 2.61. The maximum atomic E-state index is 13.9. The number of nitrogens with two attached hydrogens (primary N) is 1. The molecule has 488 valence electrons. The van der Waals surface area contributed by atoms with Crippen molar-refractivity contribution >= 4 is 68.9 Å². The highest BCUT2D eigenvalue weighted by molar-refractivity contribution is 7.61. The molecular weight excluding hydrogens is 1180 g/mol. The third kappa shape index (κ3) is 26.4. The zero-order valence-electron chi connectivity index (χ0n) is 48.8. The van der Waals surface area contributed by atoms with Crippen LogP contribution in [0.2, 0.25) is 0 Å². The second kappa shape index (κ2) is 36.2. The SMILES string of the molecule is CC(=O)N[C@H]1[C@H](O[C@H]2[C@H](OC(C)C(=O)N[C@@H](C)C(=O)N[C@H](CCC(=O)N[C@@H](CCCCN)C(=O)N[C@H](C)C(=O)N[C@H](C)C(=O)O)C(=O)O)[C@@H](NC(C)=O)[C@@H](OP(=O)(O)OP(=O)(O)OCCC(C)CCC=C(C)C)O[C@@H]2CO)O[C@H](CO)[C@@H](O)[C@@H]1O. The number of rotatable bonds is 37.